The van der Waals surface area contributed by atoms with Gasteiger partial charge in [-0.2, -0.15) is 0 Å². The van der Waals surface area contributed by atoms with Crippen LogP contribution in [-0.2, 0) is 13.2 Å². The summed E-state index contributed by atoms with van der Waals surface area (Å²) in [5.41, 5.74) is 2.94. The molecule has 3 aromatic rings. The molecule has 0 aliphatic carbocycles. The third-order valence-corrected chi connectivity index (χ3v) is 5.31. The fourth-order valence-electron chi connectivity index (χ4n) is 2.46. The highest BCUT2D eigenvalue weighted by molar-refractivity contribution is 9.11. The topological polar surface area (TPSA) is 21.3 Å². The van der Waals surface area contributed by atoms with E-state index < -0.39 is 0 Å². The molecule has 3 rings (SSSR count). The Labute approximate surface area is 179 Å². The first-order valence-electron chi connectivity index (χ1n) is 7.86. The van der Waals surface area contributed by atoms with Crippen molar-refractivity contribution in [3.05, 3.63) is 90.8 Å². The molecule has 0 unspecified atom stereocenters. The van der Waals surface area contributed by atoms with E-state index in [1.54, 1.807) is 12.1 Å². The van der Waals surface area contributed by atoms with Crippen molar-refractivity contribution in [2.75, 3.05) is 5.32 Å². The maximum atomic E-state index is 6.24. The van der Waals surface area contributed by atoms with Crippen LogP contribution in [0, 0.1) is 0 Å². The summed E-state index contributed by atoms with van der Waals surface area (Å²) in [4.78, 5) is 0. The zero-order chi connectivity index (χ0) is 18.5. The Kier molecular flexibility index (Phi) is 6.87. The van der Waals surface area contributed by atoms with Gasteiger partial charge in [0.15, 0.2) is 0 Å². The minimum atomic E-state index is 0.496. The number of anilines is 1. The molecule has 0 heterocycles. The first kappa shape index (κ1) is 19.6. The third-order valence-electron chi connectivity index (χ3n) is 3.71. The van der Waals surface area contributed by atoms with E-state index in [2.05, 4.69) is 37.2 Å². The van der Waals surface area contributed by atoms with Gasteiger partial charge in [-0.3, -0.25) is 0 Å². The molecule has 0 aromatic heterocycles. The molecule has 0 bridgehead atoms. The summed E-state index contributed by atoms with van der Waals surface area (Å²) in [6.45, 7) is 1.05. The highest BCUT2D eigenvalue weighted by atomic mass is 79.9. The number of nitrogens with one attached hydrogen (secondary N) is 1. The molecule has 0 atom stereocenters. The predicted octanol–water partition coefficient (Wildman–Crippen LogP) is 7.71. The van der Waals surface area contributed by atoms with Gasteiger partial charge in [-0.15, -0.1) is 0 Å². The molecule has 0 aliphatic rings. The number of halogens is 4. The molecule has 2 nitrogen and oxygen atoms in total. The molecule has 0 aliphatic heterocycles. The molecule has 1 N–H and O–H groups in total. The summed E-state index contributed by atoms with van der Waals surface area (Å²) in [7, 11) is 0. The van der Waals surface area contributed by atoms with Crippen molar-refractivity contribution in [3.8, 4) is 5.75 Å². The van der Waals surface area contributed by atoms with Crippen LogP contribution < -0.4 is 10.1 Å². The van der Waals surface area contributed by atoms with E-state index in [1.165, 1.54) is 0 Å². The van der Waals surface area contributed by atoms with Crippen molar-refractivity contribution >= 4 is 60.7 Å². The highest BCUT2D eigenvalue weighted by Gasteiger charge is 2.12. The molecule has 0 spiro atoms. The van der Waals surface area contributed by atoms with Crippen LogP contribution in [0.25, 0.3) is 0 Å². The monoisotopic (exact) mass is 513 g/mol. The first-order chi connectivity index (χ1) is 12.5. The van der Waals surface area contributed by atoms with E-state index in [1.807, 2.05) is 48.5 Å². The van der Waals surface area contributed by atoms with Crippen LogP contribution >= 0.6 is 55.1 Å². The summed E-state index contributed by atoms with van der Waals surface area (Å²) >= 11 is 19.3. The van der Waals surface area contributed by atoms with E-state index in [4.69, 9.17) is 27.9 Å². The second kappa shape index (κ2) is 9.14. The van der Waals surface area contributed by atoms with Gasteiger partial charge in [-0.1, -0.05) is 69.5 Å². The maximum Gasteiger partial charge on any atom is 0.139 e. The molecule has 6 heteroatoms. The molecular weight excluding hydrogens is 501 g/mol. The quantitative estimate of drug-likeness (QED) is 0.363. The largest absolute Gasteiger partial charge is 0.487 e. The predicted molar refractivity (Wildman–Crippen MR) is 116 cm³/mol. The smallest absolute Gasteiger partial charge is 0.139 e. The van der Waals surface area contributed by atoms with Crippen molar-refractivity contribution in [2.45, 2.75) is 13.2 Å². The van der Waals surface area contributed by atoms with Crippen LogP contribution in [0.15, 0.2) is 69.6 Å². The van der Waals surface area contributed by atoms with Crippen LogP contribution in [0.1, 0.15) is 11.1 Å². The molecule has 0 radical (unpaired) electrons. The van der Waals surface area contributed by atoms with E-state index in [0.717, 1.165) is 31.5 Å². The minimum absolute atomic E-state index is 0.496. The second-order valence-electron chi connectivity index (χ2n) is 5.63. The van der Waals surface area contributed by atoms with Crippen LogP contribution in [-0.4, -0.2) is 0 Å². The zero-order valence-corrected chi connectivity index (χ0v) is 18.3. The standard InChI is InChI=1S/C20H15Br2Cl2NO/c21-15-8-14(11-25-19-7-6-16(23)10-18(19)24)20(17(22)9-15)26-12-13-4-2-1-3-5-13/h1-10,25H,11-12H2. The van der Waals surface area contributed by atoms with Gasteiger partial charge in [0.1, 0.15) is 12.4 Å². The van der Waals surface area contributed by atoms with Gasteiger partial charge in [0.25, 0.3) is 0 Å². The van der Waals surface area contributed by atoms with Crippen molar-refractivity contribution in [2.24, 2.45) is 0 Å². The lowest BCUT2D eigenvalue weighted by Gasteiger charge is -2.16. The molecule has 134 valence electrons. The van der Waals surface area contributed by atoms with Gasteiger partial charge in [-0.05, 0) is 51.8 Å². The lowest BCUT2D eigenvalue weighted by Crippen LogP contribution is -2.05. The van der Waals surface area contributed by atoms with Gasteiger partial charge < -0.3 is 10.1 Å². The fourth-order valence-corrected chi connectivity index (χ4v) is 4.36. The van der Waals surface area contributed by atoms with Gasteiger partial charge in [0.05, 0.1) is 15.2 Å². The summed E-state index contributed by atoms with van der Waals surface area (Å²) < 4.78 is 7.94. The van der Waals surface area contributed by atoms with Crippen LogP contribution in [0.4, 0.5) is 5.69 Å². The highest BCUT2D eigenvalue weighted by Crippen LogP contribution is 2.35. The van der Waals surface area contributed by atoms with Crippen molar-refractivity contribution < 1.29 is 4.74 Å². The number of hydrogen-bond acceptors (Lipinski definition) is 2. The lowest BCUT2D eigenvalue weighted by molar-refractivity contribution is 0.301. The molecule has 0 saturated carbocycles. The Hall–Kier alpha value is -1.20. The Morgan fingerprint density at radius 1 is 0.923 bits per heavy atom. The average Bonchev–Trinajstić information content (AvgIpc) is 2.61. The normalized spacial score (nSPS) is 10.6. The van der Waals surface area contributed by atoms with Gasteiger partial charge in [0, 0.05) is 21.6 Å². The van der Waals surface area contributed by atoms with Crippen LogP contribution in [0.3, 0.4) is 0 Å². The Bertz CT molecular complexity index is 904. The lowest BCUT2D eigenvalue weighted by atomic mass is 10.2. The molecule has 26 heavy (non-hydrogen) atoms. The summed E-state index contributed by atoms with van der Waals surface area (Å²) in [5, 5.41) is 4.53. The molecule has 0 fully saturated rings. The van der Waals surface area contributed by atoms with Gasteiger partial charge >= 0.3 is 0 Å². The molecular formula is C20H15Br2Cl2NO. The van der Waals surface area contributed by atoms with E-state index >= 15 is 0 Å². The number of ether oxygens (including phenoxy) is 1. The zero-order valence-electron chi connectivity index (χ0n) is 13.6. The van der Waals surface area contributed by atoms with Gasteiger partial charge in [-0.25, -0.2) is 0 Å². The van der Waals surface area contributed by atoms with Crippen LogP contribution in [0.5, 0.6) is 5.75 Å². The van der Waals surface area contributed by atoms with E-state index in [0.29, 0.717) is 23.2 Å². The minimum Gasteiger partial charge on any atom is -0.487 e. The average molecular weight is 516 g/mol. The summed E-state index contributed by atoms with van der Waals surface area (Å²) in [5.74, 6) is 0.801. The third kappa shape index (κ3) is 5.17. The molecule has 3 aromatic carbocycles. The fraction of sp³-hybridized carbons (Fsp3) is 0.100. The number of hydrogen-bond donors (Lipinski definition) is 1. The number of rotatable bonds is 6. The molecule has 0 amide bonds. The van der Waals surface area contributed by atoms with Gasteiger partial charge in [0.2, 0.25) is 0 Å². The first-order valence-corrected chi connectivity index (χ1v) is 10.2. The van der Waals surface area contributed by atoms with Crippen LogP contribution in [0.2, 0.25) is 10.0 Å². The summed E-state index contributed by atoms with van der Waals surface area (Å²) in [6, 6.07) is 19.5. The molecule has 0 saturated heterocycles. The Morgan fingerprint density at radius 3 is 2.42 bits per heavy atom. The van der Waals surface area contributed by atoms with E-state index in [-0.39, 0.29) is 0 Å². The Morgan fingerprint density at radius 2 is 1.69 bits per heavy atom. The second-order valence-corrected chi connectivity index (χ2v) is 8.24. The van der Waals surface area contributed by atoms with Crippen molar-refractivity contribution in [3.63, 3.8) is 0 Å². The Balaban J connectivity index is 1.79. The van der Waals surface area contributed by atoms with Crippen molar-refractivity contribution in [1.82, 2.24) is 0 Å². The van der Waals surface area contributed by atoms with Crippen molar-refractivity contribution in [1.29, 1.82) is 0 Å². The maximum absolute atomic E-state index is 6.24. The number of benzene rings is 3. The summed E-state index contributed by atoms with van der Waals surface area (Å²) in [6.07, 6.45) is 0. The van der Waals surface area contributed by atoms with E-state index in [9.17, 15) is 0 Å². The SMILES string of the molecule is Clc1ccc(NCc2cc(Br)cc(Br)c2OCc2ccccc2)c(Cl)c1.